The first kappa shape index (κ1) is 24.8. The molecule has 7 nitrogen and oxygen atoms in total. The van der Waals surface area contributed by atoms with E-state index in [0.29, 0.717) is 31.3 Å². The van der Waals surface area contributed by atoms with Crippen LogP contribution in [0.2, 0.25) is 0 Å². The van der Waals surface area contributed by atoms with E-state index in [2.05, 4.69) is 24.5 Å². The van der Waals surface area contributed by atoms with Crippen LogP contribution in [0.3, 0.4) is 0 Å². The van der Waals surface area contributed by atoms with Crippen LogP contribution in [-0.4, -0.2) is 50.9 Å². The minimum Gasteiger partial charge on any atom is -0.466 e. The zero-order valence-corrected chi connectivity index (χ0v) is 15.4. The van der Waals surface area contributed by atoms with Gasteiger partial charge in [0.1, 0.15) is 12.7 Å². The Bertz CT molecular complexity index is 462. The van der Waals surface area contributed by atoms with E-state index in [9.17, 15) is 14.4 Å². The molecule has 0 radical (unpaired) electrons. The van der Waals surface area contributed by atoms with E-state index >= 15 is 0 Å². The Balaban J connectivity index is 0. The van der Waals surface area contributed by atoms with Gasteiger partial charge in [0, 0.05) is 17.7 Å². The molecule has 1 heterocycles. The highest BCUT2D eigenvalue weighted by molar-refractivity contribution is 5.86. The first-order chi connectivity index (χ1) is 11.7. The third-order valence-electron chi connectivity index (χ3n) is 2.24. The van der Waals surface area contributed by atoms with Gasteiger partial charge in [0.15, 0.2) is 0 Å². The number of hydrogen-bond donors (Lipinski definition) is 0. The maximum Gasteiger partial charge on any atom is 0.333 e. The van der Waals surface area contributed by atoms with Crippen molar-refractivity contribution in [1.29, 1.82) is 0 Å². The molecule has 7 heteroatoms. The van der Waals surface area contributed by atoms with Crippen LogP contribution in [-0.2, 0) is 33.3 Å². The maximum atomic E-state index is 10.7. The van der Waals surface area contributed by atoms with Crippen molar-refractivity contribution in [3.8, 4) is 0 Å². The van der Waals surface area contributed by atoms with Gasteiger partial charge < -0.3 is 18.9 Å². The summed E-state index contributed by atoms with van der Waals surface area (Å²) < 4.78 is 18.4. The summed E-state index contributed by atoms with van der Waals surface area (Å²) in [5.41, 5.74) is 0.431. The van der Waals surface area contributed by atoms with E-state index in [1.807, 2.05) is 13.8 Å². The van der Waals surface area contributed by atoms with Crippen molar-refractivity contribution in [2.24, 2.45) is 5.92 Å². The predicted octanol–water partition coefficient (Wildman–Crippen LogP) is 2.22. The lowest BCUT2D eigenvalue weighted by molar-refractivity contribution is -0.140. The average molecular weight is 356 g/mol. The topological polar surface area (TPSA) is 91.4 Å². The lowest BCUT2D eigenvalue weighted by Gasteiger charge is -2.02. The van der Waals surface area contributed by atoms with Crippen molar-refractivity contribution in [3.63, 3.8) is 0 Å². The summed E-state index contributed by atoms with van der Waals surface area (Å²) in [6.07, 6.45) is 2.42. The number of carbonyl (C=O) groups excluding carboxylic acids is 3. The number of methoxy groups -OCH3 is 1. The molecule has 1 aliphatic rings. The molecule has 0 aliphatic carbocycles. The van der Waals surface area contributed by atoms with Crippen molar-refractivity contribution in [3.05, 3.63) is 37.5 Å². The van der Waals surface area contributed by atoms with Gasteiger partial charge in [0.2, 0.25) is 0 Å². The Labute approximate surface area is 149 Å². The summed E-state index contributed by atoms with van der Waals surface area (Å²) >= 11 is 0. The van der Waals surface area contributed by atoms with Gasteiger partial charge in [-0.15, -0.1) is 0 Å². The van der Waals surface area contributed by atoms with Crippen LogP contribution in [0.1, 0.15) is 20.8 Å². The Morgan fingerprint density at radius 1 is 1.16 bits per heavy atom. The molecule has 1 rings (SSSR count). The second-order valence-electron chi connectivity index (χ2n) is 5.29. The van der Waals surface area contributed by atoms with Gasteiger partial charge in [-0.05, 0) is 12.8 Å². The highest BCUT2D eigenvalue weighted by Crippen LogP contribution is 2.09. The van der Waals surface area contributed by atoms with E-state index in [4.69, 9.17) is 14.2 Å². The molecule has 0 aromatic rings. The molecule has 1 saturated heterocycles. The fourth-order valence-electron chi connectivity index (χ4n) is 0.847. The second-order valence-corrected chi connectivity index (χ2v) is 5.29. The van der Waals surface area contributed by atoms with Gasteiger partial charge in [-0.2, -0.15) is 0 Å². The summed E-state index contributed by atoms with van der Waals surface area (Å²) in [6.45, 7) is 17.0. The number of rotatable bonds is 7. The Kier molecular flexibility index (Phi) is 15.0. The Hall–Kier alpha value is -2.41. The van der Waals surface area contributed by atoms with Gasteiger partial charge in [0.25, 0.3) is 0 Å². The molecule has 0 aromatic carbocycles. The molecule has 25 heavy (non-hydrogen) atoms. The highest BCUT2D eigenvalue weighted by Gasteiger charge is 2.24. The molecule has 0 N–H and O–H groups in total. The van der Waals surface area contributed by atoms with Crippen molar-refractivity contribution < 1.29 is 33.3 Å². The van der Waals surface area contributed by atoms with Crippen LogP contribution in [0.4, 0.5) is 0 Å². The molecule has 0 amide bonds. The molecule has 0 bridgehead atoms. The van der Waals surface area contributed by atoms with Crippen molar-refractivity contribution >= 4 is 17.9 Å². The Morgan fingerprint density at radius 3 is 1.96 bits per heavy atom. The number of hydrogen-bond acceptors (Lipinski definition) is 7. The van der Waals surface area contributed by atoms with Crippen molar-refractivity contribution in [1.82, 2.24) is 0 Å². The Morgan fingerprint density at radius 2 is 1.68 bits per heavy atom. The second kappa shape index (κ2) is 15.1. The number of carbonyl (C=O) groups is 3. The standard InChI is InChI=1S/C7H10O3.C7H12O2.C4H6O2/c1-5(2)7(8)10-4-6-3-9-6;1-4-7(8)9-5-6(2)3;1-3-4(5)6-2/h6H,1,3-4H2,2H3;4,6H,1,5H2,2-3H3;3H,1H2,2H3. The number of ether oxygens (including phenoxy) is 4. The van der Waals surface area contributed by atoms with Crippen LogP contribution in [0.5, 0.6) is 0 Å². The van der Waals surface area contributed by atoms with Crippen LogP contribution in [0.25, 0.3) is 0 Å². The van der Waals surface area contributed by atoms with E-state index < -0.39 is 5.97 Å². The maximum absolute atomic E-state index is 10.7. The first-order valence-electron chi connectivity index (χ1n) is 7.61. The first-order valence-corrected chi connectivity index (χ1v) is 7.61. The largest absolute Gasteiger partial charge is 0.466 e. The highest BCUT2D eigenvalue weighted by atomic mass is 16.6. The summed E-state index contributed by atoms with van der Waals surface area (Å²) in [6, 6.07) is 0. The monoisotopic (exact) mass is 356 g/mol. The summed E-state index contributed by atoms with van der Waals surface area (Å²) in [5.74, 6) is -0.678. The summed E-state index contributed by atoms with van der Waals surface area (Å²) in [7, 11) is 1.31. The van der Waals surface area contributed by atoms with E-state index in [1.165, 1.54) is 13.2 Å². The molecule has 0 spiro atoms. The summed E-state index contributed by atoms with van der Waals surface area (Å²) in [5, 5.41) is 0. The predicted molar refractivity (Wildman–Crippen MR) is 93.7 cm³/mol. The van der Waals surface area contributed by atoms with Gasteiger partial charge in [-0.1, -0.05) is 33.6 Å². The molecule has 1 unspecified atom stereocenters. The van der Waals surface area contributed by atoms with Gasteiger partial charge in [-0.25, -0.2) is 14.4 Å². The lowest BCUT2D eigenvalue weighted by Crippen LogP contribution is -2.09. The van der Waals surface area contributed by atoms with Gasteiger partial charge >= 0.3 is 17.9 Å². The van der Waals surface area contributed by atoms with Crippen LogP contribution in [0.15, 0.2) is 37.5 Å². The third kappa shape index (κ3) is 19.5. The minimum absolute atomic E-state index is 0.142. The number of esters is 3. The fourth-order valence-corrected chi connectivity index (χ4v) is 0.847. The molecular formula is C18H28O7. The SMILES string of the molecule is C=C(C)C(=O)OCC1CO1.C=CC(=O)OC.C=CC(=O)OCC(C)C. The van der Waals surface area contributed by atoms with Gasteiger partial charge in [0.05, 0.1) is 20.3 Å². The molecule has 0 aromatic heterocycles. The molecule has 1 aliphatic heterocycles. The van der Waals surface area contributed by atoms with Crippen LogP contribution >= 0.6 is 0 Å². The molecule has 0 saturated carbocycles. The van der Waals surface area contributed by atoms with Crippen LogP contribution < -0.4 is 0 Å². The van der Waals surface area contributed by atoms with Crippen LogP contribution in [0, 0.1) is 5.92 Å². The normalized spacial score (nSPS) is 13.7. The fraction of sp³-hybridized carbons (Fsp3) is 0.500. The molecular weight excluding hydrogens is 328 g/mol. The van der Waals surface area contributed by atoms with E-state index in [-0.39, 0.29) is 18.0 Å². The zero-order chi connectivity index (χ0) is 19.8. The lowest BCUT2D eigenvalue weighted by atomic mass is 10.2. The molecule has 1 fully saturated rings. The van der Waals surface area contributed by atoms with E-state index in [0.717, 1.165) is 6.08 Å². The smallest absolute Gasteiger partial charge is 0.333 e. The quantitative estimate of drug-likeness (QED) is 0.299. The zero-order valence-electron chi connectivity index (χ0n) is 15.4. The average Bonchev–Trinajstić information content (AvgIpc) is 3.41. The summed E-state index contributed by atoms with van der Waals surface area (Å²) in [4.78, 5) is 30.9. The molecule has 142 valence electrons. The molecule has 1 atom stereocenters. The van der Waals surface area contributed by atoms with E-state index in [1.54, 1.807) is 6.92 Å². The van der Waals surface area contributed by atoms with Crippen molar-refractivity contribution in [2.75, 3.05) is 26.9 Å². The van der Waals surface area contributed by atoms with Gasteiger partial charge in [-0.3, -0.25) is 0 Å². The number of epoxide rings is 1. The van der Waals surface area contributed by atoms with Crippen molar-refractivity contribution in [2.45, 2.75) is 26.9 Å². The minimum atomic E-state index is -0.394. The third-order valence-corrected chi connectivity index (χ3v) is 2.24.